The van der Waals surface area contributed by atoms with Gasteiger partial charge in [0.05, 0.1) is 10.6 Å². The van der Waals surface area contributed by atoms with E-state index in [1.807, 2.05) is 31.2 Å². The lowest BCUT2D eigenvalue weighted by Crippen LogP contribution is -2.25. The number of sulfone groups is 1. The third-order valence-electron chi connectivity index (χ3n) is 3.39. The molecule has 2 rings (SSSR count). The molecule has 0 radical (unpaired) electrons. The summed E-state index contributed by atoms with van der Waals surface area (Å²) in [6.07, 6.45) is 0. The Morgan fingerprint density at radius 1 is 1.10 bits per heavy atom. The highest BCUT2D eigenvalue weighted by molar-refractivity contribution is 9.10. The van der Waals surface area contributed by atoms with Crippen molar-refractivity contribution in [3.05, 3.63) is 64.1 Å². The average Bonchev–Trinajstić information content (AvgIpc) is 2.46. The van der Waals surface area contributed by atoms with E-state index in [1.54, 1.807) is 31.3 Å². The van der Waals surface area contributed by atoms with Crippen LogP contribution in [0.15, 0.2) is 57.9 Å². The lowest BCUT2D eigenvalue weighted by Gasteiger charge is -2.17. The van der Waals surface area contributed by atoms with Crippen molar-refractivity contribution in [1.82, 2.24) is 5.32 Å². The Morgan fingerprint density at radius 3 is 2.29 bits per heavy atom. The molecule has 3 nitrogen and oxygen atoms in total. The Morgan fingerprint density at radius 2 is 1.71 bits per heavy atom. The van der Waals surface area contributed by atoms with Gasteiger partial charge in [0, 0.05) is 10.5 Å². The van der Waals surface area contributed by atoms with Gasteiger partial charge < -0.3 is 5.32 Å². The summed E-state index contributed by atoms with van der Waals surface area (Å²) < 4.78 is 25.8. The lowest BCUT2D eigenvalue weighted by atomic mass is 10.1. The minimum atomic E-state index is -3.37. The van der Waals surface area contributed by atoms with Crippen molar-refractivity contribution in [3.63, 3.8) is 0 Å². The Hall–Kier alpha value is -1.17. The summed E-state index contributed by atoms with van der Waals surface area (Å²) in [5.41, 5.74) is 2.13. The summed E-state index contributed by atoms with van der Waals surface area (Å²) in [7, 11) is -1.59. The summed E-state index contributed by atoms with van der Waals surface area (Å²) in [5, 5.41) is 3.09. The molecule has 21 heavy (non-hydrogen) atoms. The molecular weight excluding hydrogens is 350 g/mol. The maximum Gasteiger partial charge on any atom is 0.181 e. The van der Waals surface area contributed by atoms with Crippen molar-refractivity contribution < 1.29 is 8.42 Å². The SMILES string of the molecule is CNC(CS(=O)(=O)c1ccccc1Br)c1ccc(C)cc1. The van der Waals surface area contributed by atoms with Gasteiger partial charge in [0.25, 0.3) is 0 Å². The predicted molar refractivity (Wildman–Crippen MR) is 89.2 cm³/mol. The van der Waals surface area contributed by atoms with E-state index in [9.17, 15) is 8.42 Å². The number of benzene rings is 2. The van der Waals surface area contributed by atoms with Crippen LogP contribution in [0.3, 0.4) is 0 Å². The van der Waals surface area contributed by atoms with E-state index >= 15 is 0 Å². The van der Waals surface area contributed by atoms with Gasteiger partial charge in [0.1, 0.15) is 0 Å². The van der Waals surface area contributed by atoms with E-state index in [1.165, 1.54) is 0 Å². The second kappa shape index (κ2) is 6.73. The fraction of sp³-hybridized carbons (Fsp3) is 0.250. The third-order valence-corrected chi connectivity index (χ3v) is 6.14. The molecule has 0 saturated carbocycles. The van der Waals surface area contributed by atoms with Crippen LogP contribution in [0.1, 0.15) is 17.2 Å². The summed E-state index contributed by atoms with van der Waals surface area (Å²) in [5.74, 6) is 0.0230. The molecule has 0 aliphatic rings. The smallest absolute Gasteiger partial charge is 0.181 e. The Kier molecular flexibility index (Phi) is 5.19. The summed E-state index contributed by atoms with van der Waals surface area (Å²) in [4.78, 5) is 0.331. The van der Waals surface area contributed by atoms with E-state index in [4.69, 9.17) is 0 Å². The van der Waals surface area contributed by atoms with Crippen LogP contribution in [-0.4, -0.2) is 21.2 Å². The molecular formula is C16H18BrNO2S. The summed E-state index contributed by atoms with van der Waals surface area (Å²) >= 11 is 3.31. The van der Waals surface area contributed by atoms with Crippen LogP contribution >= 0.6 is 15.9 Å². The van der Waals surface area contributed by atoms with Crippen molar-refractivity contribution in [2.45, 2.75) is 17.9 Å². The molecule has 0 spiro atoms. The zero-order chi connectivity index (χ0) is 15.5. The first-order valence-corrected chi connectivity index (χ1v) is 9.09. The largest absolute Gasteiger partial charge is 0.312 e. The van der Waals surface area contributed by atoms with Gasteiger partial charge in [0.15, 0.2) is 9.84 Å². The van der Waals surface area contributed by atoms with E-state index in [0.717, 1.165) is 11.1 Å². The van der Waals surface area contributed by atoms with Gasteiger partial charge in [0.2, 0.25) is 0 Å². The Labute approximate surface area is 134 Å². The molecule has 2 aromatic carbocycles. The maximum atomic E-state index is 12.6. The first-order valence-electron chi connectivity index (χ1n) is 6.65. The Bertz CT molecular complexity index is 711. The van der Waals surface area contributed by atoms with Crippen LogP contribution in [-0.2, 0) is 9.84 Å². The Balaban J connectivity index is 2.30. The highest BCUT2D eigenvalue weighted by atomic mass is 79.9. The average molecular weight is 368 g/mol. The molecule has 5 heteroatoms. The molecule has 0 bridgehead atoms. The zero-order valence-electron chi connectivity index (χ0n) is 12.0. The monoisotopic (exact) mass is 367 g/mol. The third kappa shape index (κ3) is 3.93. The predicted octanol–water partition coefficient (Wildman–Crippen LogP) is 3.49. The first kappa shape index (κ1) is 16.2. The van der Waals surface area contributed by atoms with Crippen LogP contribution in [0.5, 0.6) is 0 Å². The minimum absolute atomic E-state index is 0.0230. The zero-order valence-corrected chi connectivity index (χ0v) is 14.4. The number of halogens is 1. The number of aryl methyl sites for hydroxylation is 1. The van der Waals surface area contributed by atoms with Gasteiger partial charge in [-0.25, -0.2) is 8.42 Å². The van der Waals surface area contributed by atoms with Crippen LogP contribution in [0.4, 0.5) is 0 Å². The van der Waals surface area contributed by atoms with Crippen molar-refractivity contribution in [2.24, 2.45) is 0 Å². The van der Waals surface area contributed by atoms with Gasteiger partial charge in [-0.15, -0.1) is 0 Å². The van der Waals surface area contributed by atoms with E-state index < -0.39 is 9.84 Å². The van der Waals surface area contributed by atoms with Gasteiger partial charge in [-0.05, 0) is 47.6 Å². The van der Waals surface area contributed by atoms with Gasteiger partial charge in [-0.2, -0.15) is 0 Å². The van der Waals surface area contributed by atoms with Crippen LogP contribution in [0, 0.1) is 6.92 Å². The second-order valence-corrected chi connectivity index (χ2v) is 7.82. The first-order chi connectivity index (χ1) is 9.94. The molecule has 2 aromatic rings. The second-order valence-electron chi connectivity index (χ2n) is 4.96. The molecule has 0 aliphatic heterocycles. The number of hydrogen-bond acceptors (Lipinski definition) is 3. The quantitative estimate of drug-likeness (QED) is 0.879. The lowest BCUT2D eigenvalue weighted by molar-refractivity contribution is 0.574. The molecule has 112 valence electrons. The molecule has 0 fully saturated rings. The minimum Gasteiger partial charge on any atom is -0.312 e. The molecule has 0 saturated heterocycles. The van der Waals surface area contributed by atoms with Gasteiger partial charge in [-0.3, -0.25) is 0 Å². The number of hydrogen-bond donors (Lipinski definition) is 1. The van der Waals surface area contributed by atoms with Crippen LogP contribution in [0.25, 0.3) is 0 Å². The van der Waals surface area contributed by atoms with E-state index in [2.05, 4.69) is 21.2 Å². The highest BCUT2D eigenvalue weighted by Gasteiger charge is 2.23. The molecule has 0 aromatic heterocycles. The van der Waals surface area contributed by atoms with Crippen molar-refractivity contribution in [3.8, 4) is 0 Å². The van der Waals surface area contributed by atoms with Crippen LogP contribution in [0.2, 0.25) is 0 Å². The molecule has 1 N–H and O–H groups in total. The molecule has 1 atom stereocenters. The molecule has 1 unspecified atom stereocenters. The van der Waals surface area contributed by atoms with Crippen molar-refractivity contribution in [1.29, 1.82) is 0 Å². The summed E-state index contributed by atoms with van der Waals surface area (Å²) in [6.45, 7) is 2.01. The molecule has 0 heterocycles. The summed E-state index contributed by atoms with van der Waals surface area (Å²) in [6, 6.07) is 14.6. The van der Waals surface area contributed by atoms with E-state index in [-0.39, 0.29) is 11.8 Å². The standard InChI is InChI=1S/C16H18BrNO2S/c1-12-7-9-13(10-8-12)15(18-2)11-21(19,20)16-6-4-3-5-14(16)17/h3-10,15,18H,11H2,1-2H3. The maximum absolute atomic E-state index is 12.6. The molecule has 0 amide bonds. The van der Waals surface area contributed by atoms with Gasteiger partial charge >= 0.3 is 0 Å². The number of rotatable bonds is 5. The number of nitrogens with one attached hydrogen (secondary N) is 1. The fourth-order valence-corrected chi connectivity index (χ4v) is 4.80. The topological polar surface area (TPSA) is 46.2 Å². The fourth-order valence-electron chi connectivity index (χ4n) is 2.15. The van der Waals surface area contributed by atoms with Crippen molar-refractivity contribution in [2.75, 3.05) is 12.8 Å². The van der Waals surface area contributed by atoms with Crippen LogP contribution < -0.4 is 5.32 Å². The highest BCUT2D eigenvalue weighted by Crippen LogP contribution is 2.25. The van der Waals surface area contributed by atoms with E-state index in [0.29, 0.717) is 9.37 Å². The van der Waals surface area contributed by atoms with Gasteiger partial charge in [-0.1, -0.05) is 42.0 Å². The van der Waals surface area contributed by atoms with Crippen molar-refractivity contribution >= 4 is 25.8 Å². The molecule has 0 aliphatic carbocycles. The normalized spacial score (nSPS) is 13.1.